The van der Waals surface area contributed by atoms with Crippen molar-refractivity contribution in [3.05, 3.63) is 46.4 Å². The van der Waals surface area contributed by atoms with Crippen molar-refractivity contribution in [2.75, 3.05) is 5.75 Å². The van der Waals surface area contributed by atoms with Crippen molar-refractivity contribution in [2.45, 2.75) is 5.75 Å². The van der Waals surface area contributed by atoms with Crippen LogP contribution in [0.15, 0.2) is 28.9 Å². The molecule has 0 aliphatic rings. The quantitative estimate of drug-likeness (QED) is 0.395. The van der Waals surface area contributed by atoms with Gasteiger partial charge in [0, 0.05) is 5.16 Å². The topological polar surface area (TPSA) is 160 Å². The Morgan fingerprint density at radius 3 is 2.75 bits per heavy atom. The van der Waals surface area contributed by atoms with Gasteiger partial charge in [-0.05, 0) is 17.0 Å². The summed E-state index contributed by atoms with van der Waals surface area (Å²) in [6.07, 6.45) is 0. The second-order valence-corrected chi connectivity index (χ2v) is 5.34. The Bertz CT molecular complexity index is 790. The number of esters is 1. The molecule has 0 aliphatic heterocycles. The molecule has 10 nitrogen and oxygen atoms in total. The maximum absolute atomic E-state index is 11.8. The van der Waals surface area contributed by atoms with E-state index in [0.717, 1.165) is 11.8 Å². The Morgan fingerprint density at radius 2 is 2.08 bits per heavy atom. The first kappa shape index (κ1) is 17.3. The number of aromatic nitrogens is 2. The lowest BCUT2D eigenvalue weighted by Crippen LogP contribution is -2.34. The minimum Gasteiger partial charge on any atom is -0.478 e. The first-order valence-electron chi connectivity index (χ1n) is 6.39. The van der Waals surface area contributed by atoms with Gasteiger partial charge in [0.2, 0.25) is 5.69 Å². The van der Waals surface area contributed by atoms with Crippen LogP contribution < -0.4 is 15.4 Å². The van der Waals surface area contributed by atoms with Crippen molar-refractivity contribution >= 4 is 29.6 Å². The van der Waals surface area contributed by atoms with Crippen LogP contribution in [0.2, 0.25) is 0 Å². The molecule has 0 atom stereocenters. The Hall–Kier alpha value is -3.08. The van der Waals surface area contributed by atoms with Crippen LogP contribution in [0.25, 0.3) is 0 Å². The highest BCUT2D eigenvalue weighted by Crippen LogP contribution is 2.19. The molecule has 24 heavy (non-hydrogen) atoms. The number of amides is 1. The number of ether oxygens (including phenoxy) is 1. The van der Waals surface area contributed by atoms with Gasteiger partial charge in [0.1, 0.15) is 11.3 Å². The van der Waals surface area contributed by atoms with E-state index in [1.807, 2.05) is 0 Å². The number of carboxylic acid groups (broad SMARTS) is 1. The van der Waals surface area contributed by atoms with Crippen LogP contribution in [0.3, 0.4) is 0 Å². The highest BCUT2D eigenvalue weighted by Gasteiger charge is 2.24. The first-order chi connectivity index (χ1) is 11.4. The van der Waals surface area contributed by atoms with Gasteiger partial charge in [-0.1, -0.05) is 12.1 Å². The maximum atomic E-state index is 11.8. The molecule has 1 aromatic carbocycles. The van der Waals surface area contributed by atoms with Crippen LogP contribution in [0.5, 0.6) is 5.75 Å². The van der Waals surface area contributed by atoms with Crippen LogP contribution in [0.1, 0.15) is 26.5 Å². The molecular weight excluding hydrogens is 342 g/mol. The van der Waals surface area contributed by atoms with Crippen LogP contribution in [0.4, 0.5) is 0 Å². The average molecular weight is 353 g/mol. The minimum absolute atomic E-state index is 0.00114. The van der Waals surface area contributed by atoms with E-state index in [-0.39, 0.29) is 33.4 Å². The van der Waals surface area contributed by atoms with E-state index in [1.165, 1.54) is 24.3 Å². The predicted octanol–water partition coefficient (Wildman–Crippen LogP) is -0.0561. The van der Waals surface area contributed by atoms with Crippen molar-refractivity contribution in [3.8, 4) is 5.75 Å². The van der Waals surface area contributed by atoms with Crippen LogP contribution in [0, 0.1) is 5.21 Å². The fraction of sp³-hybridized carbons (Fsp3) is 0.154. The summed E-state index contributed by atoms with van der Waals surface area (Å²) in [6, 6.07) is 5.70. The van der Waals surface area contributed by atoms with E-state index in [4.69, 9.17) is 15.6 Å². The number of carbonyl (C=O) groups excluding carboxylic acids is 2. The Morgan fingerprint density at radius 1 is 1.38 bits per heavy atom. The van der Waals surface area contributed by atoms with Crippen molar-refractivity contribution in [1.29, 1.82) is 0 Å². The lowest BCUT2D eigenvalue weighted by atomic mass is 10.2. The third kappa shape index (κ3) is 4.01. The van der Waals surface area contributed by atoms with E-state index in [1.54, 1.807) is 0 Å². The molecule has 0 aliphatic carbocycles. The molecule has 0 spiro atoms. The number of nitrogens with two attached hydrogens (primary N) is 1. The summed E-state index contributed by atoms with van der Waals surface area (Å²) in [6.45, 7) is 0. The number of nitrogens with zero attached hydrogens (tertiary/aromatic N) is 2. The molecule has 0 bridgehead atoms. The molecule has 11 heteroatoms. The number of thioether (sulfide) groups is 1. The lowest BCUT2D eigenvalue weighted by molar-refractivity contribution is -0.803. The molecule has 2 rings (SSSR count). The zero-order valence-electron chi connectivity index (χ0n) is 12.0. The summed E-state index contributed by atoms with van der Waals surface area (Å²) in [5.74, 6) is -3.16. The first-order valence-corrected chi connectivity index (χ1v) is 7.54. The largest absolute Gasteiger partial charge is 0.478 e. The van der Waals surface area contributed by atoms with Crippen molar-refractivity contribution < 1.29 is 33.8 Å². The second kappa shape index (κ2) is 7.46. The van der Waals surface area contributed by atoms with E-state index in [2.05, 4.69) is 9.79 Å². The summed E-state index contributed by atoms with van der Waals surface area (Å²) in [4.78, 5) is 33.8. The monoisotopic (exact) mass is 353 g/mol. The zero-order chi connectivity index (χ0) is 17.7. The molecule has 1 amide bonds. The third-order valence-corrected chi connectivity index (χ3v) is 3.63. The van der Waals surface area contributed by atoms with Gasteiger partial charge < -0.3 is 20.8 Å². The summed E-state index contributed by atoms with van der Waals surface area (Å²) < 4.78 is 9.25. The maximum Gasteiger partial charge on any atom is 0.339 e. The van der Waals surface area contributed by atoms with Crippen LogP contribution in [-0.4, -0.2) is 33.9 Å². The Balaban J connectivity index is 1.93. The fourth-order valence-electron chi connectivity index (χ4n) is 1.72. The van der Waals surface area contributed by atoms with Gasteiger partial charge in [0.05, 0.1) is 11.5 Å². The van der Waals surface area contributed by atoms with Gasteiger partial charge >= 0.3 is 11.9 Å². The summed E-state index contributed by atoms with van der Waals surface area (Å²) in [7, 11) is 0. The normalized spacial score (nSPS) is 10.3. The van der Waals surface area contributed by atoms with Gasteiger partial charge in [-0.3, -0.25) is 14.2 Å². The standard InChI is InChI=1S/C13H11N3O7S/c14-12(18)11-8(15-23-16(11)21)5-24-6-10(17)22-9-4-2-1-3-7(9)13(19)20/h1-4H,5-6H2,(H2,14,18)(H,19,20). The summed E-state index contributed by atoms with van der Waals surface area (Å²) >= 11 is 0.988. The van der Waals surface area contributed by atoms with Crippen LogP contribution >= 0.6 is 11.8 Å². The van der Waals surface area contributed by atoms with Crippen LogP contribution in [-0.2, 0) is 10.5 Å². The Labute approximate surface area is 138 Å². The lowest BCUT2D eigenvalue weighted by Gasteiger charge is -2.06. The second-order valence-electron chi connectivity index (χ2n) is 4.36. The molecule has 1 heterocycles. The van der Waals surface area contributed by atoms with Crippen molar-refractivity contribution in [2.24, 2.45) is 5.73 Å². The number of rotatable bonds is 7. The molecule has 0 saturated heterocycles. The SMILES string of the molecule is NC(=O)c1c(CSCC(=O)Oc2ccccc2C(=O)O)no[n+]1[O-]. The zero-order valence-corrected chi connectivity index (χ0v) is 12.8. The highest BCUT2D eigenvalue weighted by molar-refractivity contribution is 7.99. The molecule has 0 fully saturated rings. The number of benzene rings is 1. The molecule has 0 unspecified atom stereocenters. The minimum atomic E-state index is -1.22. The van der Waals surface area contributed by atoms with E-state index < -0.39 is 23.5 Å². The third-order valence-electron chi connectivity index (χ3n) is 2.71. The molecule has 1 aromatic heterocycles. The van der Waals surface area contributed by atoms with E-state index in [0.29, 0.717) is 0 Å². The van der Waals surface area contributed by atoms with E-state index in [9.17, 15) is 19.6 Å². The molecule has 126 valence electrons. The van der Waals surface area contributed by atoms with Gasteiger partial charge in [-0.15, -0.1) is 11.8 Å². The number of hydrogen-bond acceptors (Lipinski definition) is 8. The number of primary amides is 1. The number of hydrogen-bond donors (Lipinski definition) is 2. The smallest absolute Gasteiger partial charge is 0.339 e. The Kier molecular flexibility index (Phi) is 5.37. The van der Waals surface area contributed by atoms with Crippen molar-refractivity contribution in [3.63, 3.8) is 0 Å². The summed E-state index contributed by atoms with van der Waals surface area (Å²) in [5, 5.41) is 23.5. The van der Waals surface area contributed by atoms with Gasteiger partial charge in [-0.25, -0.2) is 4.79 Å². The van der Waals surface area contributed by atoms with Gasteiger partial charge in [0.15, 0.2) is 0 Å². The van der Waals surface area contributed by atoms with E-state index >= 15 is 0 Å². The molecule has 2 aromatic rings. The van der Waals surface area contributed by atoms with Gasteiger partial charge in [-0.2, -0.15) is 0 Å². The fourth-order valence-corrected chi connectivity index (χ4v) is 2.43. The number of carboxylic acids is 1. The highest BCUT2D eigenvalue weighted by atomic mass is 32.2. The van der Waals surface area contributed by atoms with Gasteiger partial charge in [0.25, 0.3) is 11.6 Å². The predicted molar refractivity (Wildman–Crippen MR) is 79.2 cm³/mol. The number of carbonyl (C=O) groups is 3. The number of aromatic carboxylic acids is 1. The summed E-state index contributed by atoms with van der Waals surface area (Å²) in [5.41, 5.74) is 4.44. The molecule has 0 radical (unpaired) electrons. The number of para-hydroxylation sites is 1. The van der Waals surface area contributed by atoms with Crippen molar-refractivity contribution in [1.82, 2.24) is 5.16 Å². The average Bonchev–Trinajstić information content (AvgIpc) is 2.88. The molecule has 3 N–H and O–H groups in total. The molecular formula is C13H11N3O7S. The molecule has 0 saturated carbocycles.